The highest BCUT2D eigenvalue weighted by molar-refractivity contribution is 5.22. The van der Waals surface area contributed by atoms with Gasteiger partial charge in [-0.1, -0.05) is 290 Å². The van der Waals surface area contributed by atoms with E-state index >= 15 is 0 Å². The van der Waals surface area contributed by atoms with Crippen LogP contribution in [0, 0.1) is 0 Å². The maximum Gasteiger partial charge on any atom is 0.0409 e. The second-order valence-corrected chi connectivity index (χ2v) is 18.7. The van der Waals surface area contributed by atoms with Crippen LogP contribution in [0.1, 0.15) is 320 Å². The van der Waals surface area contributed by atoms with Gasteiger partial charge in [-0.25, -0.2) is 0 Å². The molecule has 0 unspecified atom stereocenters. The molecule has 330 valence electrons. The number of pyridine rings is 1. The molecule has 0 fully saturated rings. The van der Waals surface area contributed by atoms with E-state index in [1.807, 2.05) is 0 Å². The summed E-state index contributed by atoms with van der Waals surface area (Å²) in [4.78, 5) is 5.13. The zero-order valence-electron chi connectivity index (χ0n) is 39.3. The third kappa shape index (κ3) is 38.7. The highest BCUT2D eigenvalue weighted by Crippen LogP contribution is 2.19. The van der Waals surface area contributed by atoms with Gasteiger partial charge >= 0.3 is 0 Å². The Balaban J connectivity index is 1.87. The van der Waals surface area contributed by atoms with Crippen LogP contribution < -0.4 is 0 Å². The summed E-state index contributed by atoms with van der Waals surface area (Å²) >= 11 is 0. The standard InChI is InChI=1S/C55H105N/c1-4-7-9-11-13-15-17-19-21-23-25-27-29-31-33-35-37-39-41-43-45-47-49-54-51-53(6-3)52-55(56-54)50-48-46-44-42-40-38-36-34-32-30-28-26-24-22-20-18-16-14-12-10-8-5-2/h51-52H,4-50H2,1-3H3. The minimum absolute atomic E-state index is 1.14. The first-order chi connectivity index (χ1) is 27.8. The van der Waals surface area contributed by atoms with E-state index in [1.54, 1.807) is 0 Å². The molecule has 0 amide bonds. The molecule has 1 heteroatoms. The summed E-state index contributed by atoms with van der Waals surface area (Å²) in [5.41, 5.74) is 4.24. The van der Waals surface area contributed by atoms with Crippen LogP contribution in [-0.2, 0) is 19.3 Å². The van der Waals surface area contributed by atoms with E-state index in [0.29, 0.717) is 0 Å². The Morgan fingerprint density at radius 3 is 0.607 bits per heavy atom. The lowest BCUT2D eigenvalue weighted by Gasteiger charge is -2.09. The molecule has 0 atom stereocenters. The van der Waals surface area contributed by atoms with Crippen LogP contribution in [0.15, 0.2) is 12.1 Å². The van der Waals surface area contributed by atoms with Crippen molar-refractivity contribution in [2.75, 3.05) is 0 Å². The summed E-state index contributed by atoms with van der Waals surface area (Å²) in [6, 6.07) is 4.80. The molecule has 0 aliphatic rings. The van der Waals surface area contributed by atoms with Gasteiger partial charge in [0.15, 0.2) is 0 Å². The van der Waals surface area contributed by atoms with E-state index in [2.05, 4.69) is 32.9 Å². The summed E-state index contributed by atoms with van der Waals surface area (Å²) in [6.45, 7) is 6.93. The van der Waals surface area contributed by atoms with E-state index in [9.17, 15) is 0 Å². The van der Waals surface area contributed by atoms with Gasteiger partial charge in [0.05, 0.1) is 0 Å². The molecular formula is C55H105N. The smallest absolute Gasteiger partial charge is 0.0409 e. The molecule has 0 bridgehead atoms. The third-order valence-corrected chi connectivity index (χ3v) is 13.0. The topological polar surface area (TPSA) is 12.9 Å². The second-order valence-electron chi connectivity index (χ2n) is 18.7. The van der Waals surface area contributed by atoms with E-state index in [1.165, 1.54) is 312 Å². The molecule has 0 aliphatic heterocycles. The van der Waals surface area contributed by atoms with Gasteiger partial charge in [-0.3, -0.25) is 4.98 Å². The zero-order chi connectivity index (χ0) is 40.1. The molecule has 0 spiro atoms. The summed E-state index contributed by atoms with van der Waals surface area (Å²) in [6.07, 6.45) is 67.4. The van der Waals surface area contributed by atoms with Crippen LogP contribution in [0.2, 0.25) is 0 Å². The van der Waals surface area contributed by atoms with Gasteiger partial charge in [-0.05, 0) is 49.8 Å². The molecule has 56 heavy (non-hydrogen) atoms. The number of hydrogen-bond acceptors (Lipinski definition) is 1. The Labute approximate surface area is 355 Å². The molecule has 0 aromatic carbocycles. The van der Waals surface area contributed by atoms with Crippen molar-refractivity contribution in [2.24, 2.45) is 0 Å². The first-order valence-corrected chi connectivity index (χ1v) is 26.8. The van der Waals surface area contributed by atoms with E-state index in [4.69, 9.17) is 4.98 Å². The molecule has 1 heterocycles. The highest BCUT2D eigenvalue weighted by atomic mass is 14.7. The largest absolute Gasteiger partial charge is 0.258 e. The minimum Gasteiger partial charge on any atom is -0.258 e. The summed E-state index contributed by atoms with van der Waals surface area (Å²) in [5.74, 6) is 0. The first-order valence-electron chi connectivity index (χ1n) is 26.8. The van der Waals surface area contributed by atoms with Crippen LogP contribution in [-0.4, -0.2) is 4.98 Å². The number of aryl methyl sites for hydroxylation is 3. The maximum absolute atomic E-state index is 5.13. The normalized spacial score (nSPS) is 11.6. The maximum atomic E-state index is 5.13. The molecule has 1 nitrogen and oxygen atoms in total. The average Bonchev–Trinajstić information content (AvgIpc) is 3.21. The highest BCUT2D eigenvalue weighted by Gasteiger charge is 2.04. The fourth-order valence-electron chi connectivity index (χ4n) is 9.01. The van der Waals surface area contributed by atoms with Crippen LogP contribution in [0.4, 0.5) is 0 Å². The van der Waals surface area contributed by atoms with Crippen molar-refractivity contribution < 1.29 is 0 Å². The molecule has 1 aromatic rings. The van der Waals surface area contributed by atoms with Crippen LogP contribution in [0.3, 0.4) is 0 Å². The molecule has 0 saturated heterocycles. The summed E-state index contributed by atoms with van der Waals surface area (Å²) < 4.78 is 0. The molecule has 0 saturated carbocycles. The van der Waals surface area contributed by atoms with Crippen molar-refractivity contribution in [2.45, 2.75) is 323 Å². The molecular weight excluding hydrogens is 675 g/mol. The molecule has 0 radical (unpaired) electrons. The van der Waals surface area contributed by atoms with Crippen molar-refractivity contribution >= 4 is 0 Å². The minimum atomic E-state index is 1.14. The second kappa shape index (κ2) is 45.2. The van der Waals surface area contributed by atoms with Gasteiger partial charge in [-0.2, -0.15) is 0 Å². The van der Waals surface area contributed by atoms with Gasteiger partial charge < -0.3 is 0 Å². The molecule has 0 aliphatic carbocycles. The Hall–Kier alpha value is -0.850. The van der Waals surface area contributed by atoms with Crippen molar-refractivity contribution in [3.63, 3.8) is 0 Å². The van der Waals surface area contributed by atoms with Gasteiger partial charge in [0.25, 0.3) is 0 Å². The van der Waals surface area contributed by atoms with E-state index in [-0.39, 0.29) is 0 Å². The fraction of sp³-hybridized carbons (Fsp3) is 0.909. The third-order valence-electron chi connectivity index (χ3n) is 13.0. The average molecular weight is 780 g/mol. The molecule has 0 N–H and O–H groups in total. The summed E-state index contributed by atoms with van der Waals surface area (Å²) in [5, 5.41) is 0. The zero-order valence-corrected chi connectivity index (χ0v) is 39.3. The quantitative estimate of drug-likeness (QED) is 0.0601. The van der Waals surface area contributed by atoms with Crippen molar-refractivity contribution in [3.8, 4) is 0 Å². The van der Waals surface area contributed by atoms with Crippen molar-refractivity contribution in [3.05, 3.63) is 29.1 Å². The fourth-order valence-corrected chi connectivity index (χ4v) is 9.01. The number of aromatic nitrogens is 1. The predicted molar refractivity (Wildman–Crippen MR) is 256 cm³/mol. The number of nitrogens with zero attached hydrogens (tertiary/aromatic N) is 1. The Morgan fingerprint density at radius 2 is 0.429 bits per heavy atom. The number of hydrogen-bond donors (Lipinski definition) is 0. The number of rotatable bonds is 47. The van der Waals surface area contributed by atoms with Crippen LogP contribution in [0.5, 0.6) is 0 Å². The monoisotopic (exact) mass is 780 g/mol. The Bertz CT molecular complexity index is 808. The number of unbranched alkanes of at least 4 members (excludes halogenated alkanes) is 42. The van der Waals surface area contributed by atoms with Crippen LogP contribution >= 0.6 is 0 Å². The summed E-state index contributed by atoms with van der Waals surface area (Å²) in [7, 11) is 0. The van der Waals surface area contributed by atoms with E-state index < -0.39 is 0 Å². The van der Waals surface area contributed by atoms with Crippen LogP contribution in [0.25, 0.3) is 0 Å². The predicted octanol–water partition coefficient (Wildman–Crippen LogP) is 19.9. The lowest BCUT2D eigenvalue weighted by molar-refractivity contribution is 0.518. The van der Waals surface area contributed by atoms with Crippen molar-refractivity contribution in [1.29, 1.82) is 0 Å². The van der Waals surface area contributed by atoms with Gasteiger partial charge in [0, 0.05) is 11.4 Å². The first kappa shape index (κ1) is 53.2. The Kier molecular flexibility index (Phi) is 43.0. The Morgan fingerprint density at radius 1 is 0.250 bits per heavy atom. The lowest BCUT2D eigenvalue weighted by Crippen LogP contribution is -1.99. The van der Waals surface area contributed by atoms with Gasteiger partial charge in [0.2, 0.25) is 0 Å². The van der Waals surface area contributed by atoms with Gasteiger partial charge in [0.1, 0.15) is 0 Å². The van der Waals surface area contributed by atoms with Crippen molar-refractivity contribution in [1.82, 2.24) is 4.98 Å². The van der Waals surface area contributed by atoms with E-state index in [0.717, 1.165) is 6.42 Å². The molecule has 1 aromatic heterocycles. The van der Waals surface area contributed by atoms with Gasteiger partial charge in [-0.15, -0.1) is 0 Å². The lowest BCUT2D eigenvalue weighted by atomic mass is 10.0. The molecule has 1 rings (SSSR count). The SMILES string of the molecule is CCCCCCCCCCCCCCCCCCCCCCCCc1cc(CC)cc(CCCCCCCCCCCCCCCCCCCCCCCC)n1.